The van der Waals surface area contributed by atoms with E-state index in [1.54, 1.807) is 11.3 Å². The summed E-state index contributed by atoms with van der Waals surface area (Å²) in [5.74, 6) is 0. The van der Waals surface area contributed by atoms with E-state index in [1.807, 2.05) is 36.7 Å². The summed E-state index contributed by atoms with van der Waals surface area (Å²) in [4.78, 5) is 9.22. The number of hydrogen-bond donors (Lipinski definition) is 0. The number of hydrogen-bond acceptors (Lipinski definition) is 4. The number of aromatic nitrogens is 2. The first-order valence-electron chi connectivity index (χ1n) is 14.6. The molecule has 0 aliphatic rings. The van der Waals surface area contributed by atoms with Crippen molar-refractivity contribution < 1.29 is 4.42 Å². The predicted molar refractivity (Wildman–Crippen MR) is 184 cm³/mol. The summed E-state index contributed by atoms with van der Waals surface area (Å²) >= 11 is 1.80. The van der Waals surface area contributed by atoms with E-state index in [4.69, 9.17) is 4.42 Å². The molecule has 3 nitrogen and oxygen atoms in total. The highest BCUT2D eigenvalue weighted by atomic mass is 32.1. The highest BCUT2D eigenvalue weighted by Gasteiger charge is 2.11. The second kappa shape index (κ2) is 10.0. The van der Waals surface area contributed by atoms with Crippen LogP contribution >= 0.6 is 11.3 Å². The summed E-state index contributed by atoms with van der Waals surface area (Å²) in [6.07, 6.45) is 3.69. The molecule has 44 heavy (non-hydrogen) atoms. The van der Waals surface area contributed by atoms with Crippen LogP contribution in [0.25, 0.3) is 86.9 Å². The highest BCUT2D eigenvalue weighted by Crippen LogP contribution is 2.37. The van der Waals surface area contributed by atoms with Crippen molar-refractivity contribution in [2.24, 2.45) is 0 Å². The Kier molecular flexibility index (Phi) is 5.68. The van der Waals surface area contributed by atoms with Crippen molar-refractivity contribution in [1.29, 1.82) is 0 Å². The molecule has 9 aromatic rings. The molecule has 0 unspecified atom stereocenters. The van der Waals surface area contributed by atoms with Crippen molar-refractivity contribution in [2.75, 3.05) is 0 Å². The van der Waals surface area contributed by atoms with Crippen LogP contribution in [-0.2, 0) is 0 Å². The van der Waals surface area contributed by atoms with E-state index in [0.29, 0.717) is 0 Å². The van der Waals surface area contributed by atoms with Crippen molar-refractivity contribution in [3.8, 4) is 44.5 Å². The van der Waals surface area contributed by atoms with E-state index in [2.05, 4.69) is 119 Å². The van der Waals surface area contributed by atoms with Gasteiger partial charge < -0.3 is 4.42 Å². The lowest BCUT2D eigenvalue weighted by Gasteiger charge is -2.10. The molecule has 206 valence electrons. The molecule has 0 radical (unpaired) electrons. The molecule has 5 aromatic carbocycles. The third-order valence-electron chi connectivity index (χ3n) is 8.37. The number of rotatable bonds is 4. The van der Waals surface area contributed by atoms with Gasteiger partial charge in [0.15, 0.2) is 5.58 Å². The van der Waals surface area contributed by atoms with Crippen molar-refractivity contribution in [1.82, 2.24) is 9.97 Å². The van der Waals surface area contributed by atoms with Crippen LogP contribution in [0.1, 0.15) is 0 Å². The Labute approximate surface area is 257 Å². The zero-order chi connectivity index (χ0) is 29.0. The normalized spacial score (nSPS) is 11.6. The Bertz CT molecular complexity index is 2350. The van der Waals surface area contributed by atoms with Crippen LogP contribution in [0.5, 0.6) is 0 Å². The molecule has 0 saturated heterocycles. The fourth-order valence-corrected chi connectivity index (χ4v) is 7.23. The summed E-state index contributed by atoms with van der Waals surface area (Å²) in [5, 5.41) is 2.25. The minimum absolute atomic E-state index is 0.812. The zero-order valence-electron chi connectivity index (χ0n) is 23.6. The van der Waals surface area contributed by atoms with Gasteiger partial charge in [0.05, 0.1) is 10.2 Å². The number of pyridine rings is 2. The van der Waals surface area contributed by atoms with Gasteiger partial charge in [0.25, 0.3) is 0 Å². The topological polar surface area (TPSA) is 38.9 Å². The van der Waals surface area contributed by atoms with Gasteiger partial charge in [-0.15, -0.1) is 11.3 Å². The number of benzene rings is 5. The van der Waals surface area contributed by atoms with Gasteiger partial charge in [-0.1, -0.05) is 66.7 Å². The van der Waals surface area contributed by atoms with E-state index in [-0.39, 0.29) is 0 Å². The van der Waals surface area contributed by atoms with Crippen LogP contribution in [0, 0.1) is 0 Å². The van der Waals surface area contributed by atoms with E-state index in [9.17, 15) is 0 Å². The average Bonchev–Trinajstić information content (AvgIpc) is 3.66. The first kappa shape index (κ1) is 25.0. The highest BCUT2D eigenvalue weighted by molar-refractivity contribution is 7.25. The first-order valence-corrected chi connectivity index (χ1v) is 15.4. The van der Waals surface area contributed by atoms with Crippen LogP contribution in [0.15, 0.2) is 150 Å². The number of fused-ring (bicyclic) bond motifs is 6. The van der Waals surface area contributed by atoms with Gasteiger partial charge in [0.1, 0.15) is 11.1 Å². The Morgan fingerprint density at radius 1 is 0.386 bits per heavy atom. The minimum atomic E-state index is 0.812. The van der Waals surface area contributed by atoms with E-state index >= 15 is 0 Å². The van der Waals surface area contributed by atoms with E-state index in [1.165, 1.54) is 48.2 Å². The quantitative estimate of drug-likeness (QED) is 0.208. The van der Waals surface area contributed by atoms with Crippen molar-refractivity contribution >= 4 is 53.7 Å². The summed E-state index contributed by atoms with van der Waals surface area (Å²) in [6.45, 7) is 0. The van der Waals surface area contributed by atoms with Gasteiger partial charge in [-0.05, 0) is 111 Å². The molecule has 0 fully saturated rings. The maximum atomic E-state index is 6.00. The Hall–Kier alpha value is -5.58. The molecule has 4 heterocycles. The molecule has 0 saturated carbocycles. The van der Waals surface area contributed by atoms with Crippen LogP contribution in [0.3, 0.4) is 0 Å². The Morgan fingerprint density at radius 3 is 1.55 bits per heavy atom. The molecule has 0 atom stereocenters. The summed E-state index contributed by atoms with van der Waals surface area (Å²) < 4.78 is 8.49. The standard InChI is InChI=1S/C40H24N2OS/c1-6-25(27-8-2-10-29(21-27)31-14-16-35-33(23-31)39-36(43-35)12-4-18-41-39)20-26(7-1)28-9-3-11-30(22-28)32-15-17-37-34(24-32)40-38(44-37)13-5-19-42-40/h1-24H. The van der Waals surface area contributed by atoms with Crippen LogP contribution < -0.4 is 0 Å². The Morgan fingerprint density at radius 2 is 0.909 bits per heavy atom. The molecule has 4 heteroatoms. The Balaban J connectivity index is 1.07. The molecular weight excluding hydrogens is 557 g/mol. The largest absolute Gasteiger partial charge is 0.454 e. The van der Waals surface area contributed by atoms with Gasteiger partial charge in [-0.25, -0.2) is 0 Å². The molecule has 0 N–H and O–H groups in total. The first-order chi connectivity index (χ1) is 21.8. The van der Waals surface area contributed by atoms with Gasteiger partial charge in [-0.3, -0.25) is 9.97 Å². The van der Waals surface area contributed by atoms with Crippen molar-refractivity contribution in [3.63, 3.8) is 0 Å². The lowest BCUT2D eigenvalue weighted by molar-refractivity contribution is 0.668. The van der Waals surface area contributed by atoms with Gasteiger partial charge in [0.2, 0.25) is 0 Å². The lowest BCUT2D eigenvalue weighted by Crippen LogP contribution is -1.85. The third kappa shape index (κ3) is 4.19. The molecule has 9 rings (SSSR count). The number of nitrogens with zero attached hydrogens (tertiary/aromatic N) is 2. The second-order valence-electron chi connectivity index (χ2n) is 11.1. The van der Waals surface area contributed by atoms with Crippen LogP contribution in [0.4, 0.5) is 0 Å². The number of furan rings is 1. The molecule has 0 aliphatic heterocycles. The zero-order valence-corrected chi connectivity index (χ0v) is 24.4. The van der Waals surface area contributed by atoms with Crippen molar-refractivity contribution in [2.45, 2.75) is 0 Å². The minimum Gasteiger partial charge on any atom is -0.454 e. The van der Waals surface area contributed by atoms with Crippen molar-refractivity contribution in [3.05, 3.63) is 146 Å². The van der Waals surface area contributed by atoms with Crippen LogP contribution in [0.2, 0.25) is 0 Å². The molecule has 4 aromatic heterocycles. The second-order valence-corrected chi connectivity index (χ2v) is 12.2. The average molecular weight is 581 g/mol. The maximum absolute atomic E-state index is 6.00. The maximum Gasteiger partial charge on any atom is 0.153 e. The molecular formula is C40H24N2OS. The molecule has 0 aliphatic carbocycles. The smallest absolute Gasteiger partial charge is 0.153 e. The number of thiophene rings is 1. The third-order valence-corrected chi connectivity index (χ3v) is 9.50. The SMILES string of the molecule is c1cc(-c2cccc(-c3ccc4oc5cccnc5c4c3)c2)cc(-c2cccc(-c3ccc4sc5cccnc5c4c3)c2)c1. The van der Waals surface area contributed by atoms with E-state index in [0.717, 1.165) is 38.7 Å². The fraction of sp³-hybridized carbons (Fsp3) is 0. The van der Waals surface area contributed by atoms with E-state index < -0.39 is 0 Å². The summed E-state index contributed by atoms with van der Waals surface area (Å²) in [5.41, 5.74) is 13.1. The molecule has 0 spiro atoms. The summed E-state index contributed by atoms with van der Waals surface area (Å²) in [7, 11) is 0. The van der Waals surface area contributed by atoms with Gasteiger partial charge in [0, 0.05) is 27.9 Å². The predicted octanol–water partition coefficient (Wildman–Crippen LogP) is 11.4. The summed E-state index contributed by atoms with van der Waals surface area (Å²) in [6, 6.07) is 47.5. The molecule has 0 bridgehead atoms. The fourth-order valence-electron chi connectivity index (χ4n) is 6.19. The van der Waals surface area contributed by atoms with Gasteiger partial charge >= 0.3 is 0 Å². The monoisotopic (exact) mass is 580 g/mol. The lowest BCUT2D eigenvalue weighted by atomic mass is 9.94. The molecule has 0 amide bonds. The van der Waals surface area contributed by atoms with Gasteiger partial charge in [-0.2, -0.15) is 0 Å². The van der Waals surface area contributed by atoms with Crippen LogP contribution in [-0.4, -0.2) is 9.97 Å².